The second kappa shape index (κ2) is 6.19. The van der Waals surface area contributed by atoms with Crippen LogP contribution < -0.4 is 10.6 Å². The van der Waals surface area contributed by atoms with Crippen LogP contribution >= 0.6 is 0 Å². The Labute approximate surface area is 114 Å². The summed E-state index contributed by atoms with van der Waals surface area (Å²) in [4.78, 5) is 8.94. The van der Waals surface area contributed by atoms with Gasteiger partial charge in [-0.2, -0.15) is 0 Å². The van der Waals surface area contributed by atoms with Crippen molar-refractivity contribution in [1.29, 1.82) is 0 Å². The number of aromatic nitrogens is 2. The van der Waals surface area contributed by atoms with Crippen molar-refractivity contribution in [2.45, 2.75) is 39.5 Å². The van der Waals surface area contributed by atoms with Crippen LogP contribution in [0.4, 0.5) is 11.6 Å². The lowest BCUT2D eigenvalue weighted by molar-refractivity contribution is 0.253. The van der Waals surface area contributed by atoms with Gasteiger partial charge in [-0.05, 0) is 31.6 Å². The molecule has 0 aliphatic heterocycles. The Morgan fingerprint density at radius 2 is 1.89 bits per heavy atom. The summed E-state index contributed by atoms with van der Waals surface area (Å²) in [6, 6.07) is 1.96. The summed E-state index contributed by atoms with van der Waals surface area (Å²) in [5, 5.41) is 15.7. The molecule has 0 amide bonds. The van der Waals surface area contributed by atoms with Crippen molar-refractivity contribution in [3.8, 4) is 0 Å². The van der Waals surface area contributed by atoms with Gasteiger partial charge in [0.1, 0.15) is 17.5 Å². The zero-order valence-corrected chi connectivity index (χ0v) is 11.9. The van der Waals surface area contributed by atoms with Crippen molar-refractivity contribution in [3.63, 3.8) is 0 Å². The molecule has 1 fully saturated rings. The van der Waals surface area contributed by atoms with Crippen LogP contribution in [0.15, 0.2) is 6.07 Å². The van der Waals surface area contributed by atoms with Gasteiger partial charge in [0.15, 0.2) is 0 Å². The van der Waals surface area contributed by atoms with Gasteiger partial charge in [-0.1, -0.05) is 6.92 Å². The molecule has 0 atom stereocenters. The second-order valence-electron chi connectivity index (χ2n) is 5.27. The molecule has 1 aliphatic carbocycles. The SMILES string of the molecule is CCNc1cc(NCC2(CCO)CC2)nc(CC)n1. The Morgan fingerprint density at radius 1 is 1.21 bits per heavy atom. The molecular formula is C14H24N4O. The van der Waals surface area contributed by atoms with Crippen LogP contribution in [0.5, 0.6) is 0 Å². The summed E-state index contributed by atoms with van der Waals surface area (Å²) in [5.74, 6) is 2.61. The van der Waals surface area contributed by atoms with E-state index in [0.29, 0.717) is 5.41 Å². The number of anilines is 2. The summed E-state index contributed by atoms with van der Waals surface area (Å²) in [6.45, 7) is 6.13. The van der Waals surface area contributed by atoms with E-state index in [1.54, 1.807) is 0 Å². The second-order valence-corrected chi connectivity index (χ2v) is 5.27. The molecule has 0 unspecified atom stereocenters. The van der Waals surface area contributed by atoms with Crippen molar-refractivity contribution in [1.82, 2.24) is 9.97 Å². The van der Waals surface area contributed by atoms with Gasteiger partial charge in [0.25, 0.3) is 0 Å². The van der Waals surface area contributed by atoms with Gasteiger partial charge in [-0.15, -0.1) is 0 Å². The Morgan fingerprint density at radius 3 is 2.42 bits per heavy atom. The van der Waals surface area contributed by atoms with Gasteiger partial charge in [-0.3, -0.25) is 0 Å². The topological polar surface area (TPSA) is 70.1 Å². The summed E-state index contributed by atoms with van der Waals surface area (Å²) in [6.07, 6.45) is 4.11. The predicted octanol–water partition coefficient (Wildman–Crippen LogP) is 2.05. The molecule has 1 heterocycles. The van der Waals surface area contributed by atoms with E-state index in [4.69, 9.17) is 5.11 Å². The fraction of sp³-hybridized carbons (Fsp3) is 0.714. The van der Waals surface area contributed by atoms with Crippen LogP contribution in [0.3, 0.4) is 0 Å². The molecule has 5 nitrogen and oxygen atoms in total. The van der Waals surface area contributed by atoms with Crippen LogP contribution in [0.1, 0.15) is 38.9 Å². The molecule has 2 rings (SSSR count). The highest BCUT2D eigenvalue weighted by Gasteiger charge is 2.41. The van der Waals surface area contributed by atoms with E-state index in [2.05, 4.69) is 34.4 Å². The third-order valence-electron chi connectivity index (χ3n) is 3.69. The number of hydrogen-bond acceptors (Lipinski definition) is 5. The maximum absolute atomic E-state index is 9.07. The van der Waals surface area contributed by atoms with Crippen LogP contribution in [-0.4, -0.2) is 34.8 Å². The molecule has 0 radical (unpaired) electrons. The fourth-order valence-corrected chi connectivity index (χ4v) is 2.22. The number of aryl methyl sites for hydroxylation is 1. The van der Waals surface area contributed by atoms with Crippen molar-refractivity contribution in [2.75, 3.05) is 30.3 Å². The molecule has 1 aromatic rings. The van der Waals surface area contributed by atoms with Crippen LogP contribution in [0.2, 0.25) is 0 Å². The Hall–Kier alpha value is -1.36. The number of hydrogen-bond donors (Lipinski definition) is 3. The number of nitrogens with one attached hydrogen (secondary N) is 2. The van der Waals surface area contributed by atoms with Crippen molar-refractivity contribution >= 4 is 11.6 Å². The first-order valence-electron chi connectivity index (χ1n) is 7.18. The van der Waals surface area contributed by atoms with Gasteiger partial charge in [0.05, 0.1) is 0 Å². The highest BCUT2D eigenvalue weighted by Crippen LogP contribution is 2.48. The van der Waals surface area contributed by atoms with E-state index in [1.165, 1.54) is 12.8 Å². The molecule has 1 aliphatic rings. The van der Waals surface area contributed by atoms with Gasteiger partial charge in [0.2, 0.25) is 0 Å². The van der Waals surface area contributed by atoms with E-state index in [1.807, 2.05) is 6.07 Å². The van der Waals surface area contributed by atoms with Crippen molar-refractivity contribution in [3.05, 3.63) is 11.9 Å². The Kier molecular flexibility index (Phi) is 4.58. The number of nitrogens with zero attached hydrogens (tertiary/aromatic N) is 2. The monoisotopic (exact) mass is 264 g/mol. The van der Waals surface area contributed by atoms with E-state index in [9.17, 15) is 0 Å². The molecule has 3 N–H and O–H groups in total. The largest absolute Gasteiger partial charge is 0.396 e. The highest BCUT2D eigenvalue weighted by molar-refractivity contribution is 5.47. The smallest absolute Gasteiger partial charge is 0.132 e. The third kappa shape index (κ3) is 3.80. The first kappa shape index (κ1) is 14.1. The first-order valence-corrected chi connectivity index (χ1v) is 7.18. The number of rotatable bonds is 8. The van der Waals surface area contributed by atoms with Crippen molar-refractivity contribution in [2.24, 2.45) is 5.41 Å². The maximum Gasteiger partial charge on any atom is 0.132 e. The Bertz CT molecular complexity index is 418. The van der Waals surface area contributed by atoms with Crippen LogP contribution in [0.25, 0.3) is 0 Å². The average Bonchev–Trinajstić information content (AvgIpc) is 3.17. The molecule has 5 heteroatoms. The van der Waals surface area contributed by atoms with E-state index in [-0.39, 0.29) is 6.61 Å². The standard InChI is InChI=1S/C14H24N4O/c1-3-11-17-12(15-4-2)9-13(18-11)16-10-14(5-6-14)7-8-19/h9,19H,3-8,10H2,1-2H3,(H2,15,16,17,18). The average molecular weight is 264 g/mol. The van der Waals surface area contributed by atoms with E-state index < -0.39 is 0 Å². The summed E-state index contributed by atoms with van der Waals surface area (Å²) in [7, 11) is 0. The number of aliphatic hydroxyl groups is 1. The third-order valence-corrected chi connectivity index (χ3v) is 3.69. The normalized spacial score (nSPS) is 16.2. The van der Waals surface area contributed by atoms with Crippen LogP contribution in [0, 0.1) is 5.41 Å². The lowest BCUT2D eigenvalue weighted by Gasteiger charge is -2.16. The van der Waals surface area contributed by atoms with Gasteiger partial charge in [0, 0.05) is 32.2 Å². The lowest BCUT2D eigenvalue weighted by atomic mass is 10.0. The molecule has 1 saturated carbocycles. The minimum Gasteiger partial charge on any atom is -0.396 e. The molecule has 19 heavy (non-hydrogen) atoms. The minimum absolute atomic E-state index is 0.272. The molecule has 0 saturated heterocycles. The summed E-state index contributed by atoms with van der Waals surface area (Å²) >= 11 is 0. The zero-order chi connectivity index (χ0) is 13.7. The fourth-order valence-electron chi connectivity index (χ4n) is 2.22. The van der Waals surface area contributed by atoms with Gasteiger partial charge >= 0.3 is 0 Å². The molecule has 106 valence electrons. The molecular weight excluding hydrogens is 240 g/mol. The van der Waals surface area contributed by atoms with Crippen molar-refractivity contribution < 1.29 is 5.11 Å². The molecule has 0 aromatic carbocycles. The van der Waals surface area contributed by atoms with Gasteiger partial charge in [-0.25, -0.2) is 9.97 Å². The predicted molar refractivity (Wildman–Crippen MR) is 77.4 cm³/mol. The lowest BCUT2D eigenvalue weighted by Crippen LogP contribution is -2.18. The molecule has 0 spiro atoms. The first-order chi connectivity index (χ1) is 9.21. The van der Waals surface area contributed by atoms with Gasteiger partial charge < -0.3 is 15.7 Å². The van der Waals surface area contributed by atoms with E-state index in [0.717, 1.165) is 43.4 Å². The van der Waals surface area contributed by atoms with E-state index >= 15 is 0 Å². The molecule has 0 bridgehead atoms. The zero-order valence-electron chi connectivity index (χ0n) is 11.9. The quantitative estimate of drug-likeness (QED) is 0.670. The maximum atomic E-state index is 9.07. The number of aliphatic hydroxyl groups excluding tert-OH is 1. The minimum atomic E-state index is 0.272. The molecule has 1 aromatic heterocycles. The summed E-state index contributed by atoms with van der Waals surface area (Å²) in [5.41, 5.74) is 0.296. The van der Waals surface area contributed by atoms with Crippen LogP contribution in [-0.2, 0) is 6.42 Å². The summed E-state index contributed by atoms with van der Waals surface area (Å²) < 4.78 is 0. The highest BCUT2D eigenvalue weighted by atomic mass is 16.3. The Balaban J connectivity index is 2.00.